The zero-order chi connectivity index (χ0) is 17.9. The van der Waals surface area contributed by atoms with Crippen LogP contribution in [0.3, 0.4) is 0 Å². The summed E-state index contributed by atoms with van der Waals surface area (Å²) >= 11 is 6.33. The lowest BCUT2D eigenvalue weighted by atomic mass is 9.96. The molecule has 0 saturated heterocycles. The van der Waals surface area contributed by atoms with Crippen LogP contribution in [0.15, 0.2) is 18.2 Å². The molecule has 130 valence electrons. The van der Waals surface area contributed by atoms with Crippen molar-refractivity contribution in [1.29, 1.82) is 0 Å². The molecule has 2 radical (unpaired) electrons. The number of rotatable bonds is 7. The Labute approximate surface area is 147 Å². The molecular weight excluding hydrogens is 352 g/mol. The lowest BCUT2D eigenvalue weighted by Crippen LogP contribution is -2.28. The minimum atomic E-state index is -3.42. The van der Waals surface area contributed by atoms with E-state index in [-0.39, 0.29) is 11.6 Å². The summed E-state index contributed by atoms with van der Waals surface area (Å²) in [7, 11) is -3.07. The van der Waals surface area contributed by atoms with Gasteiger partial charge in [0.2, 0.25) is 9.76 Å². The Morgan fingerprint density at radius 3 is 2.30 bits per heavy atom. The van der Waals surface area contributed by atoms with E-state index in [4.69, 9.17) is 20.2 Å². The van der Waals surface area contributed by atoms with E-state index in [1.165, 1.54) is 0 Å². The predicted molar refractivity (Wildman–Crippen MR) is 95.5 cm³/mol. The number of hydrogen-bond donors (Lipinski definition) is 0. The van der Waals surface area contributed by atoms with Gasteiger partial charge in [-0.25, -0.2) is 0 Å². The second-order valence-electron chi connectivity index (χ2n) is 7.05. The summed E-state index contributed by atoms with van der Waals surface area (Å²) in [5, 5.41) is 0.728. The van der Waals surface area contributed by atoms with Crippen LogP contribution in [-0.4, -0.2) is 31.0 Å². The number of hydrogen-bond acceptors (Lipinski definition) is 4. The van der Waals surface area contributed by atoms with E-state index >= 15 is 0 Å². The number of halogens is 1. The summed E-state index contributed by atoms with van der Waals surface area (Å²) < 4.78 is 32.9. The molecule has 7 heteroatoms. The SMILES string of the molecule is CC(C)(C)[Si]OC(C)(C)c1cc(CCOS(C)(=O)=O)ccc1Cl. The highest BCUT2D eigenvalue weighted by molar-refractivity contribution is 7.85. The molecule has 0 bridgehead atoms. The predicted octanol–water partition coefficient (Wildman–Crippen LogP) is 3.95. The van der Waals surface area contributed by atoms with Gasteiger partial charge in [-0.2, -0.15) is 8.42 Å². The van der Waals surface area contributed by atoms with Crippen molar-refractivity contribution in [3.8, 4) is 0 Å². The highest BCUT2D eigenvalue weighted by Gasteiger charge is 2.27. The maximum absolute atomic E-state index is 11.0. The first-order chi connectivity index (χ1) is 10.3. The first-order valence-corrected chi connectivity index (χ1v) is 10.5. The first kappa shape index (κ1) is 20.6. The summed E-state index contributed by atoms with van der Waals surface area (Å²) in [6.45, 7) is 10.5. The zero-order valence-corrected chi connectivity index (χ0v) is 17.1. The molecule has 1 rings (SSSR count). The molecule has 0 spiro atoms. The molecular formula is C16H25ClO4SSi. The standard InChI is InChI=1S/C16H25ClO4SSi/c1-15(2,3)23-21-16(4,5)13-11-12(7-8-14(13)17)9-10-20-22(6,18)19/h7-8,11H,9-10H2,1-6H3. The second-order valence-corrected chi connectivity index (χ2v) is 11.0. The first-order valence-electron chi connectivity index (χ1n) is 7.39. The van der Waals surface area contributed by atoms with E-state index in [1.807, 2.05) is 32.0 Å². The fourth-order valence-corrected chi connectivity index (χ4v) is 3.24. The maximum atomic E-state index is 11.0. The summed E-state index contributed by atoms with van der Waals surface area (Å²) in [5.74, 6) is 0. The number of benzene rings is 1. The monoisotopic (exact) mass is 376 g/mol. The maximum Gasteiger partial charge on any atom is 0.264 e. The van der Waals surface area contributed by atoms with Crippen molar-refractivity contribution in [2.24, 2.45) is 0 Å². The van der Waals surface area contributed by atoms with Crippen molar-refractivity contribution < 1.29 is 17.0 Å². The zero-order valence-electron chi connectivity index (χ0n) is 14.6. The van der Waals surface area contributed by atoms with E-state index < -0.39 is 15.7 Å². The molecule has 0 aliphatic heterocycles. The van der Waals surface area contributed by atoms with Crippen LogP contribution in [-0.2, 0) is 30.7 Å². The van der Waals surface area contributed by atoms with Gasteiger partial charge in [0.25, 0.3) is 10.1 Å². The molecule has 0 amide bonds. The molecule has 0 atom stereocenters. The quantitative estimate of drug-likeness (QED) is 0.534. The van der Waals surface area contributed by atoms with E-state index in [2.05, 4.69) is 20.8 Å². The van der Waals surface area contributed by atoms with Gasteiger partial charge < -0.3 is 4.43 Å². The summed E-state index contributed by atoms with van der Waals surface area (Å²) in [4.78, 5) is 0. The Balaban J connectivity index is 2.87. The minimum absolute atomic E-state index is 0.0880. The van der Waals surface area contributed by atoms with Crippen LogP contribution in [0.4, 0.5) is 0 Å². The highest BCUT2D eigenvalue weighted by atomic mass is 35.5. The molecule has 0 heterocycles. The third-order valence-corrected chi connectivity index (χ3v) is 5.13. The Morgan fingerprint density at radius 1 is 1.17 bits per heavy atom. The van der Waals surface area contributed by atoms with E-state index in [9.17, 15) is 8.42 Å². The topological polar surface area (TPSA) is 52.6 Å². The molecule has 0 N–H and O–H groups in total. The van der Waals surface area contributed by atoms with Crippen LogP contribution < -0.4 is 0 Å². The Morgan fingerprint density at radius 2 is 1.78 bits per heavy atom. The van der Waals surface area contributed by atoms with Gasteiger partial charge in [0.15, 0.2) is 0 Å². The Hall–Kier alpha value is -0.403. The summed E-state index contributed by atoms with van der Waals surface area (Å²) in [6.07, 6.45) is 1.54. The van der Waals surface area contributed by atoms with Crippen LogP contribution in [0.1, 0.15) is 45.7 Å². The van der Waals surface area contributed by atoms with Gasteiger partial charge in [-0.1, -0.05) is 44.5 Å². The summed E-state index contributed by atoms with van der Waals surface area (Å²) in [5.41, 5.74) is 1.34. The van der Waals surface area contributed by atoms with E-state index in [1.54, 1.807) is 0 Å². The molecule has 0 unspecified atom stereocenters. The Bertz CT molecular complexity index is 636. The van der Waals surface area contributed by atoms with Crippen molar-refractivity contribution in [3.05, 3.63) is 34.3 Å². The molecule has 0 aliphatic rings. The molecule has 0 fully saturated rings. The fourth-order valence-electron chi connectivity index (χ4n) is 1.84. The average molecular weight is 377 g/mol. The van der Waals surface area contributed by atoms with Crippen LogP contribution in [0.25, 0.3) is 0 Å². The van der Waals surface area contributed by atoms with Crippen molar-refractivity contribution >= 4 is 31.5 Å². The van der Waals surface area contributed by atoms with Crippen molar-refractivity contribution in [2.75, 3.05) is 12.9 Å². The average Bonchev–Trinajstić information content (AvgIpc) is 2.36. The third kappa shape index (κ3) is 7.81. The fraction of sp³-hybridized carbons (Fsp3) is 0.625. The van der Waals surface area contributed by atoms with Gasteiger partial charge in [-0.05, 0) is 36.9 Å². The molecule has 0 aromatic heterocycles. The van der Waals surface area contributed by atoms with Gasteiger partial charge in [0.05, 0.1) is 18.5 Å². The van der Waals surface area contributed by atoms with Gasteiger partial charge in [-0.3, -0.25) is 4.18 Å². The smallest absolute Gasteiger partial charge is 0.264 e. The van der Waals surface area contributed by atoms with Crippen LogP contribution in [0.2, 0.25) is 10.1 Å². The summed E-state index contributed by atoms with van der Waals surface area (Å²) in [6, 6.07) is 5.65. The van der Waals surface area contributed by atoms with Crippen molar-refractivity contribution in [3.63, 3.8) is 0 Å². The minimum Gasteiger partial charge on any atom is -0.408 e. The Kier molecular flexibility index (Phi) is 6.87. The van der Waals surface area contributed by atoms with Gasteiger partial charge in [-0.15, -0.1) is 0 Å². The second kappa shape index (κ2) is 7.65. The van der Waals surface area contributed by atoms with Gasteiger partial charge in [0, 0.05) is 10.6 Å². The largest absolute Gasteiger partial charge is 0.408 e. The molecule has 1 aromatic carbocycles. The van der Waals surface area contributed by atoms with E-state index in [0.29, 0.717) is 21.2 Å². The highest BCUT2D eigenvalue weighted by Crippen LogP contribution is 2.34. The van der Waals surface area contributed by atoms with Crippen LogP contribution >= 0.6 is 11.6 Å². The molecule has 4 nitrogen and oxygen atoms in total. The molecule has 0 aliphatic carbocycles. The van der Waals surface area contributed by atoms with Crippen molar-refractivity contribution in [2.45, 2.75) is 51.7 Å². The van der Waals surface area contributed by atoms with Gasteiger partial charge in [0.1, 0.15) is 0 Å². The molecule has 1 aromatic rings. The third-order valence-electron chi connectivity index (χ3n) is 2.98. The van der Waals surface area contributed by atoms with Gasteiger partial charge >= 0.3 is 0 Å². The normalized spacial score (nSPS) is 13.3. The van der Waals surface area contributed by atoms with E-state index in [0.717, 1.165) is 17.4 Å². The lowest BCUT2D eigenvalue weighted by Gasteiger charge is -2.30. The molecule has 23 heavy (non-hydrogen) atoms. The van der Waals surface area contributed by atoms with Crippen molar-refractivity contribution in [1.82, 2.24) is 0 Å². The lowest BCUT2D eigenvalue weighted by molar-refractivity contribution is 0.109. The van der Waals surface area contributed by atoms with Crippen LogP contribution in [0.5, 0.6) is 0 Å². The molecule has 0 saturated carbocycles. The van der Waals surface area contributed by atoms with Crippen LogP contribution in [0, 0.1) is 0 Å².